The molecule has 3 rings (SSSR count). The van der Waals surface area contributed by atoms with Crippen LogP contribution in [0.4, 0.5) is 0 Å². The first-order valence-electron chi connectivity index (χ1n) is 7.63. The lowest BCUT2D eigenvalue weighted by atomic mass is 9.81. The first-order chi connectivity index (χ1) is 10.6. The van der Waals surface area contributed by atoms with Gasteiger partial charge in [-0.3, -0.25) is 0 Å². The summed E-state index contributed by atoms with van der Waals surface area (Å²) < 4.78 is 5.42. The SMILES string of the molecule is CNC(=S)NCC1(C)CCc2ccc3ccc(OC)cc3c21. The van der Waals surface area contributed by atoms with E-state index in [9.17, 15) is 0 Å². The Labute approximate surface area is 137 Å². The van der Waals surface area contributed by atoms with E-state index in [1.54, 1.807) is 7.11 Å². The fraction of sp³-hybridized carbons (Fsp3) is 0.389. The third-order valence-corrected chi connectivity index (χ3v) is 5.08. The van der Waals surface area contributed by atoms with Crippen molar-refractivity contribution < 1.29 is 4.74 Å². The van der Waals surface area contributed by atoms with Gasteiger partial charge in [0.25, 0.3) is 0 Å². The molecular formula is C18H22N2OS. The summed E-state index contributed by atoms with van der Waals surface area (Å²) in [6.45, 7) is 3.17. The van der Waals surface area contributed by atoms with Gasteiger partial charge in [0.15, 0.2) is 5.11 Å². The fourth-order valence-electron chi connectivity index (χ4n) is 3.47. The van der Waals surface area contributed by atoms with Crippen molar-refractivity contribution in [2.45, 2.75) is 25.2 Å². The van der Waals surface area contributed by atoms with Crippen LogP contribution in [-0.4, -0.2) is 25.8 Å². The van der Waals surface area contributed by atoms with Gasteiger partial charge in [-0.2, -0.15) is 0 Å². The number of benzene rings is 2. The molecule has 0 amide bonds. The van der Waals surface area contributed by atoms with Crippen LogP contribution in [0.3, 0.4) is 0 Å². The number of nitrogens with one attached hydrogen (secondary N) is 2. The average Bonchev–Trinajstić information content (AvgIpc) is 2.90. The summed E-state index contributed by atoms with van der Waals surface area (Å²) in [6, 6.07) is 10.8. The van der Waals surface area contributed by atoms with Crippen molar-refractivity contribution in [3.63, 3.8) is 0 Å². The molecule has 0 radical (unpaired) electrons. The minimum absolute atomic E-state index is 0.0854. The highest BCUT2D eigenvalue weighted by molar-refractivity contribution is 7.80. The number of ether oxygens (including phenoxy) is 1. The molecule has 0 heterocycles. The van der Waals surface area contributed by atoms with Crippen LogP contribution in [-0.2, 0) is 11.8 Å². The van der Waals surface area contributed by atoms with Crippen molar-refractivity contribution in [1.29, 1.82) is 0 Å². The first kappa shape index (κ1) is 15.1. The number of rotatable bonds is 3. The highest BCUT2D eigenvalue weighted by atomic mass is 32.1. The minimum atomic E-state index is 0.0854. The Bertz CT molecular complexity index is 728. The number of methoxy groups -OCH3 is 1. The number of hydrogen-bond acceptors (Lipinski definition) is 2. The van der Waals surface area contributed by atoms with Crippen molar-refractivity contribution in [2.75, 3.05) is 20.7 Å². The van der Waals surface area contributed by atoms with Gasteiger partial charge in [-0.25, -0.2) is 0 Å². The third-order valence-electron chi connectivity index (χ3n) is 4.73. The number of fused-ring (bicyclic) bond motifs is 3. The van der Waals surface area contributed by atoms with Gasteiger partial charge in [-0.05, 0) is 59.1 Å². The molecule has 116 valence electrons. The van der Waals surface area contributed by atoms with Crippen LogP contribution < -0.4 is 15.4 Å². The highest BCUT2D eigenvalue weighted by Gasteiger charge is 2.35. The predicted molar refractivity (Wildman–Crippen MR) is 95.8 cm³/mol. The van der Waals surface area contributed by atoms with E-state index < -0.39 is 0 Å². The van der Waals surface area contributed by atoms with Gasteiger partial charge in [0.2, 0.25) is 0 Å². The fourth-order valence-corrected chi connectivity index (χ4v) is 3.54. The Morgan fingerprint density at radius 3 is 2.82 bits per heavy atom. The highest BCUT2D eigenvalue weighted by Crippen LogP contribution is 2.43. The Kier molecular flexibility index (Phi) is 3.96. The molecule has 2 aromatic rings. The second kappa shape index (κ2) is 5.76. The largest absolute Gasteiger partial charge is 0.497 e. The van der Waals surface area contributed by atoms with E-state index in [2.05, 4.69) is 41.8 Å². The van der Waals surface area contributed by atoms with Crippen LogP contribution in [0.2, 0.25) is 0 Å². The smallest absolute Gasteiger partial charge is 0.166 e. The molecule has 1 unspecified atom stereocenters. The molecule has 0 fully saturated rings. The maximum atomic E-state index is 5.42. The Morgan fingerprint density at radius 2 is 2.09 bits per heavy atom. The summed E-state index contributed by atoms with van der Waals surface area (Å²) in [5.74, 6) is 0.911. The van der Waals surface area contributed by atoms with Gasteiger partial charge < -0.3 is 15.4 Å². The second-order valence-corrected chi connectivity index (χ2v) is 6.59. The molecule has 0 bridgehead atoms. The first-order valence-corrected chi connectivity index (χ1v) is 8.04. The number of hydrogen-bond donors (Lipinski definition) is 2. The van der Waals surface area contributed by atoms with Crippen molar-refractivity contribution in [2.24, 2.45) is 0 Å². The van der Waals surface area contributed by atoms with E-state index in [4.69, 9.17) is 17.0 Å². The van der Waals surface area contributed by atoms with Crippen LogP contribution in [0.1, 0.15) is 24.5 Å². The van der Waals surface area contributed by atoms with Gasteiger partial charge in [0, 0.05) is 19.0 Å². The predicted octanol–water partition coefficient (Wildman–Crippen LogP) is 3.15. The topological polar surface area (TPSA) is 33.3 Å². The van der Waals surface area contributed by atoms with Crippen molar-refractivity contribution >= 4 is 28.1 Å². The molecule has 0 saturated carbocycles. The summed E-state index contributed by atoms with van der Waals surface area (Å²) in [6.07, 6.45) is 2.25. The summed E-state index contributed by atoms with van der Waals surface area (Å²) in [5.41, 5.74) is 2.97. The van der Waals surface area contributed by atoms with Gasteiger partial charge in [-0.1, -0.05) is 25.1 Å². The molecule has 22 heavy (non-hydrogen) atoms. The lowest BCUT2D eigenvalue weighted by Crippen LogP contribution is -2.41. The Balaban J connectivity index is 2.07. The van der Waals surface area contributed by atoms with Crippen LogP contribution >= 0.6 is 12.2 Å². The van der Waals surface area contributed by atoms with E-state index in [0.717, 1.165) is 25.1 Å². The Morgan fingerprint density at radius 1 is 1.32 bits per heavy atom. The van der Waals surface area contributed by atoms with Crippen LogP contribution in [0.5, 0.6) is 5.75 Å². The van der Waals surface area contributed by atoms with Gasteiger partial charge in [0.05, 0.1) is 7.11 Å². The molecule has 0 aromatic heterocycles. The number of thiocarbonyl (C=S) groups is 1. The zero-order valence-corrected chi connectivity index (χ0v) is 14.1. The molecule has 2 N–H and O–H groups in total. The average molecular weight is 314 g/mol. The van der Waals surface area contributed by atoms with Gasteiger partial charge >= 0.3 is 0 Å². The van der Waals surface area contributed by atoms with Crippen molar-refractivity contribution in [3.8, 4) is 5.75 Å². The molecule has 1 aliphatic carbocycles. The minimum Gasteiger partial charge on any atom is -0.497 e. The van der Waals surface area contributed by atoms with E-state index in [-0.39, 0.29) is 5.41 Å². The lowest BCUT2D eigenvalue weighted by molar-refractivity contribution is 0.415. The molecule has 3 nitrogen and oxygen atoms in total. The van der Waals surface area contributed by atoms with Gasteiger partial charge in [-0.15, -0.1) is 0 Å². The molecule has 1 atom stereocenters. The molecule has 0 spiro atoms. The summed E-state index contributed by atoms with van der Waals surface area (Å²) in [7, 11) is 3.57. The van der Waals surface area contributed by atoms with Crippen molar-refractivity contribution in [1.82, 2.24) is 10.6 Å². The normalized spacial score (nSPS) is 19.8. The van der Waals surface area contributed by atoms with Crippen molar-refractivity contribution in [3.05, 3.63) is 41.5 Å². The number of aryl methyl sites for hydroxylation is 1. The van der Waals surface area contributed by atoms with Crippen LogP contribution in [0.25, 0.3) is 10.8 Å². The third kappa shape index (κ3) is 2.52. The zero-order chi connectivity index (χ0) is 15.7. The van der Waals surface area contributed by atoms with Gasteiger partial charge in [0.1, 0.15) is 5.75 Å². The van der Waals surface area contributed by atoms with E-state index >= 15 is 0 Å². The molecular weight excluding hydrogens is 292 g/mol. The van der Waals surface area contributed by atoms with E-state index in [1.807, 2.05) is 13.1 Å². The van der Waals surface area contributed by atoms with E-state index in [1.165, 1.54) is 21.9 Å². The summed E-state index contributed by atoms with van der Waals surface area (Å²) in [4.78, 5) is 0. The molecule has 1 aliphatic rings. The second-order valence-electron chi connectivity index (χ2n) is 6.18. The molecule has 0 aliphatic heterocycles. The molecule has 0 saturated heterocycles. The van der Waals surface area contributed by atoms with Crippen LogP contribution in [0, 0.1) is 0 Å². The quantitative estimate of drug-likeness (QED) is 0.853. The summed E-state index contributed by atoms with van der Waals surface area (Å²) >= 11 is 5.23. The maximum absolute atomic E-state index is 5.42. The van der Waals surface area contributed by atoms with E-state index in [0.29, 0.717) is 5.11 Å². The molecule has 4 heteroatoms. The summed E-state index contributed by atoms with van der Waals surface area (Å²) in [5, 5.41) is 9.59. The monoisotopic (exact) mass is 314 g/mol. The zero-order valence-electron chi connectivity index (χ0n) is 13.3. The Hall–Kier alpha value is -1.81. The standard InChI is InChI=1S/C18H22N2OS/c1-18(11-20-17(22)19-2)9-8-13-5-4-12-6-7-14(21-3)10-15(12)16(13)18/h4-7,10H,8-9,11H2,1-3H3,(H2,19,20,22). The maximum Gasteiger partial charge on any atom is 0.166 e. The lowest BCUT2D eigenvalue weighted by Gasteiger charge is -2.28. The van der Waals surface area contributed by atoms with Crippen LogP contribution in [0.15, 0.2) is 30.3 Å². The molecule has 2 aromatic carbocycles.